The first kappa shape index (κ1) is 22.8. The predicted molar refractivity (Wildman–Crippen MR) is 117 cm³/mol. The van der Waals surface area contributed by atoms with Gasteiger partial charge in [-0.1, -0.05) is 17.7 Å². The number of benzene rings is 1. The van der Waals surface area contributed by atoms with Gasteiger partial charge in [-0.25, -0.2) is 8.42 Å². The average molecular weight is 471 g/mol. The van der Waals surface area contributed by atoms with Crippen LogP contribution < -0.4 is 4.74 Å². The molecule has 7 nitrogen and oxygen atoms in total. The number of rotatable bonds is 7. The predicted octanol–water partition coefficient (Wildman–Crippen LogP) is 3.10. The van der Waals surface area contributed by atoms with Crippen molar-refractivity contribution in [2.75, 3.05) is 40.5 Å². The first-order valence-corrected chi connectivity index (χ1v) is 11.9. The maximum absolute atomic E-state index is 13.1. The quantitative estimate of drug-likeness (QED) is 0.581. The van der Waals surface area contributed by atoms with Crippen LogP contribution in [0.3, 0.4) is 0 Å². The Balaban J connectivity index is 1.77. The van der Waals surface area contributed by atoms with Crippen LogP contribution in [0, 0.1) is 0 Å². The van der Waals surface area contributed by atoms with E-state index in [1.54, 1.807) is 36.2 Å². The molecule has 1 saturated heterocycles. The lowest BCUT2D eigenvalue weighted by Crippen LogP contribution is -2.40. The van der Waals surface area contributed by atoms with Crippen molar-refractivity contribution >= 4 is 44.9 Å². The van der Waals surface area contributed by atoms with Gasteiger partial charge in [0.1, 0.15) is 10.6 Å². The molecule has 0 N–H and O–H groups in total. The van der Waals surface area contributed by atoms with Crippen LogP contribution >= 0.6 is 22.9 Å². The zero-order valence-corrected chi connectivity index (χ0v) is 19.1. The second-order valence-corrected chi connectivity index (χ2v) is 10.4. The van der Waals surface area contributed by atoms with Gasteiger partial charge in [-0.2, -0.15) is 4.31 Å². The lowest BCUT2D eigenvalue weighted by atomic mass is 10.2. The molecule has 30 heavy (non-hydrogen) atoms. The Morgan fingerprint density at radius 2 is 2.03 bits per heavy atom. The Labute approximate surface area is 185 Å². The normalized spacial score (nSPS) is 15.4. The van der Waals surface area contributed by atoms with Gasteiger partial charge in [0, 0.05) is 31.1 Å². The van der Waals surface area contributed by atoms with E-state index in [2.05, 4.69) is 0 Å². The number of carbonyl (C=O) groups is 1. The molecule has 0 aliphatic carbocycles. The molecule has 0 radical (unpaired) electrons. The van der Waals surface area contributed by atoms with Crippen LogP contribution in [-0.2, 0) is 26.1 Å². The molecule has 1 aromatic heterocycles. The van der Waals surface area contributed by atoms with Crippen LogP contribution in [0.5, 0.6) is 5.75 Å². The van der Waals surface area contributed by atoms with Crippen molar-refractivity contribution in [1.29, 1.82) is 0 Å². The summed E-state index contributed by atoms with van der Waals surface area (Å²) in [7, 11) is -0.606. The molecule has 1 aliphatic rings. The third kappa shape index (κ3) is 5.41. The summed E-state index contributed by atoms with van der Waals surface area (Å²) < 4.78 is 38.7. The van der Waals surface area contributed by atoms with E-state index in [1.807, 2.05) is 6.07 Å². The second-order valence-electron chi connectivity index (χ2n) is 6.66. The van der Waals surface area contributed by atoms with Gasteiger partial charge in [0.05, 0.1) is 31.2 Å². The summed E-state index contributed by atoms with van der Waals surface area (Å²) in [4.78, 5) is 15.0. The van der Waals surface area contributed by atoms with Gasteiger partial charge in [0.15, 0.2) is 0 Å². The first-order valence-electron chi connectivity index (χ1n) is 9.24. The molecular formula is C20H23ClN2O5S2. The molecule has 1 amide bonds. The van der Waals surface area contributed by atoms with E-state index in [0.29, 0.717) is 42.7 Å². The minimum atomic E-state index is -3.73. The average Bonchev–Trinajstić information content (AvgIpc) is 3.16. The molecule has 2 heterocycles. The molecule has 1 aromatic carbocycles. The number of hydrogen-bond acceptors (Lipinski definition) is 6. The number of carbonyl (C=O) groups excluding carboxylic acids is 1. The molecule has 0 unspecified atom stereocenters. The molecule has 2 aromatic rings. The van der Waals surface area contributed by atoms with Gasteiger partial charge in [-0.05, 0) is 35.9 Å². The maximum Gasteiger partial charge on any atom is 0.246 e. The largest absolute Gasteiger partial charge is 0.495 e. The third-order valence-electron chi connectivity index (χ3n) is 4.59. The van der Waals surface area contributed by atoms with E-state index in [9.17, 15) is 13.2 Å². The van der Waals surface area contributed by atoms with Gasteiger partial charge in [0.25, 0.3) is 0 Å². The number of halogens is 1. The summed E-state index contributed by atoms with van der Waals surface area (Å²) >= 11 is 7.35. The van der Waals surface area contributed by atoms with Gasteiger partial charge in [0.2, 0.25) is 15.9 Å². The van der Waals surface area contributed by atoms with E-state index in [1.165, 1.54) is 34.9 Å². The molecule has 1 aliphatic heterocycles. The number of nitrogens with zero attached hydrogens (tertiary/aromatic N) is 2. The molecule has 0 bridgehead atoms. The summed E-state index contributed by atoms with van der Waals surface area (Å²) in [5.41, 5.74) is 0.587. The molecule has 162 valence electrons. The van der Waals surface area contributed by atoms with E-state index < -0.39 is 10.0 Å². The number of thiophene rings is 1. The summed E-state index contributed by atoms with van der Waals surface area (Å²) in [6.45, 7) is 1.75. The summed E-state index contributed by atoms with van der Waals surface area (Å²) in [5.74, 6) is 0.0598. The van der Waals surface area contributed by atoms with E-state index >= 15 is 0 Å². The molecule has 0 saturated carbocycles. The Morgan fingerprint density at radius 1 is 1.30 bits per heavy atom. The van der Waals surface area contributed by atoms with Crippen LogP contribution in [0.25, 0.3) is 6.08 Å². The standard InChI is InChI=1S/C20H23ClN2O5S2/c1-22(14-16-5-7-19(21)29-16)20(24)8-4-15-3-6-17(27-2)18(13-15)30(25,26)23-9-11-28-12-10-23/h3-8,13H,9-12,14H2,1-2H3/b8-4+. The van der Waals surface area contributed by atoms with E-state index in [-0.39, 0.29) is 16.6 Å². The van der Waals surface area contributed by atoms with Crippen molar-refractivity contribution in [3.8, 4) is 5.75 Å². The fourth-order valence-corrected chi connectivity index (χ4v) is 5.71. The van der Waals surface area contributed by atoms with E-state index in [4.69, 9.17) is 21.1 Å². The topological polar surface area (TPSA) is 76.2 Å². The Morgan fingerprint density at radius 3 is 2.67 bits per heavy atom. The molecular weight excluding hydrogens is 448 g/mol. The highest BCUT2D eigenvalue weighted by Crippen LogP contribution is 2.29. The van der Waals surface area contributed by atoms with Crippen LogP contribution in [0.15, 0.2) is 41.3 Å². The van der Waals surface area contributed by atoms with Gasteiger partial charge in [-0.3, -0.25) is 4.79 Å². The van der Waals surface area contributed by atoms with Crippen molar-refractivity contribution in [2.24, 2.45) is 0 Å². The van der Waals surface area contributed by atoms with Crippen LogP contribution in [-0.4, -0.2) is 64.0 Å². The fraction of sp³-hybridized carbons (Fsp3) is 0.350. The van der Waals surface area contributed by atoms with Crippen LogP contribution in [0.1, 0.15) is 10.4 Å². The highest BCUT2D eigenvalue weighted by molar-refractivity contribution is 7.89. The minimum absolute atomic E-state index is 0.0723. The molecule has 1 fully saturated rings. The number of ether oxygens (including phenoxy) is 2. The summed E-state index contributed by atoms with van der Waals surface area (Å²) in [6, 6.07) is 8.50. The minimum Gasteiger partial charge on any atom is -0.495 e. The Bertz CT molecular complexity index is 1030. The lowest BCUT2D eigenvalue weighted by molar-refractivity contribution is -0.125. The summed E-state index contributed by atoms with van der Waals surface area (Å²) in [6.07, 6.45) is 3.01. The number of methoxy groups -OCH3 is 1. The molecule has 3 rings (SSSR count). The van der Waals surface area contributed by atoms with Crippen molar-refractivity contribution in [3.63, 3.8) is 0 Å². The fourth-order valence-electron chi connectivity index (χ4n) is 2.97. The number of amides is 1. The van der Waals surface area contributed by atoms with Gasteiger partial charge in [-0.15, -0.1) is 11.3 Å². The van der Waals surface area contributed by atoms with Crippen molar-refractivity contribution in [1.82, 2.24) is 9.21 Å². The maximum atomic E-state index is 13.1. The molecule has 0 atom stereocenters. The zero-order chi connectivity index (χ0) is 21.7. The third-order valence-corrected chi connectivity index (χ3v) is 7.73. The first-order chi connectivity index (χ1) is 14.3. The monoisotopic (exact) mass is 470 g/mol. The second kappa shape index (κ2) is 9.93. The van der Waals surface area contributed by atoms with Crippen molar-refractivity contribution in [2.45, 2.75) is 11.4 Å². The van der Waals surface area contributed by atoms with Gasteiger partial charge >= 0.3 is 0 Å². The number of hydrogen-bond donors (Lipinski definition) is 0. The molecule has 0 spiro atoms. The van der Waals surface area contributed by atoms with Crippen molar-refractivity contribution in [3.05, 3.63) is 51.2 Å². The Kier molecular flexibility index (Phi) is 7.54. The smallest absolute Gasteiger partial charge is 0.246 e. The highest BCUT2D eigenvalue weighted by Gasteiger charge is 2.29. The zero-order valence-electron chi connectivity index (χ0n) is 16.7. The van der Waals surface area contributed by atoms with Gasteiger partial charge < -0.3 is 14.4 Å². The summed E-state index contributed by atoms with van der Waals surface area (Å²) in [5, 5.41) is 0. The van der Waals surface area contributed by atoms with Crippen molar-refractivity contribution < 1.29 is 22.7 Å². The molecule has 10 heteroatoms. The highest BCUT2D eigenvalue weighted by atomic mass is 35.5. The number of sulfonamides is 1. The lowest BCUT2D eigenvalue weighted by Gasteiger charge is -2.26. The van der Waals surface area contributed by atoms with Crippen LogP contribution in [0.2, 0.25) is 4.34 Å². The Hall–Kier alpha value is -1.91. The van der Waals surface area contributed by atoms with Crippen LogP contribution in [0.4, 0.5) is 0 Å². The number of likely N-dealkylation sites (N-methyl/N-ethyl adjacent to an activating group) is 1. The SMILES string of the molecule is COc1ccc(/C=C/C(=O)N(C)Cc2ccc(Cl)s2)cc1S(=O)(=O)N1CCOCC1. The number of morpholine rings is 1. The van der Waals surface area contributed by atoms with E-state index in [0.717, 1.165) is 4.88 Å².